The maximum absolute atomic E-state index is 12.0. The maximum Gasteiger partial charge on any atom is 0.270 e. The molecule has 1 aliphatic heterocycles. The molecule has 1 unspecified atom stereocenters. The van der Waals surface area contributed by atoms with Crippen molar-refractivity contribution in [2.45, 2.75) is 6.92 Å². The fourth-order valence-corrected chi connectivity index (χ4v) is 3.53. The van der Waals surface area contributed by atoms with Crippen LogP contribution in [0, 0.1) is 0 Å². The molecule has 0 aliphatic carbocycles. The van der Waals surface area contributed by atoms with Gasteiger partial charge in [0.15, 0.2) is 0 Å². The third kappa shape index (κ3) is 3.24. The number of rotatable bonds is 4. The van der Waals surface area contributed by atoms with Gasteiger partial charge in [0.1, 0.15) is 0 Å². The summed E-state index contributed by atoms with van der Waals surface area (Å²) in [5.41, 5.74) is 0. The monoisotopic (exact) mass is 238 g/mol. The highest BCUT2D eigenvalue weighted by atomic mass is 32.1. The largest absolute Gasteiger partial charge is 0.307 e. The Balaban J connectivity index is 2.44. The van der Waals surface area contributed by atoms with E-state index in [-0.39, 0.29) is 5.94 Å². The smallest absolute Gasteiger partial charge is 0.270 e. The third-order valence-corrected chi connectivity index (χ3v) is 4.98. The highest BCUT2D eigenvalue weighted by Gasteiger charge is 2.28. The summed E-state index contributed by atoms with van der Waals surface area (Å²) >= 11 is 3.94. The van der Waals surface area contributed by atoms with Crippen molar-refractivity contribution in [3.05, 3.63) is 0 Å². The first-order valence-electron chi connectivity index (χ1n) is 4.91. The molecule has 0 radical (unpaired) electrons. The molecule has 6 heteroatoms. The van der Waals surface area contributed by atoms with Gasteiger partial charge in [-0.15, -0.1) is 0 Å². The molecule has 1 aliphatic rings. The molecule has 1 fully saturated rings. The van der Waals surface area contributed by atoms with Gasteiger partial charge in [0.2, 0.25) is 0 Å². The molecule has 4 nitrogen and oxygen atoms in total. The molecule has 14 heavy (non-hydrogen) atoms. The molecule has 1 saturated heterocycles. The van der Waals surface area contributed by atoms with E-state index >= 15 is 0 Å². The number of hydrogen-bond acceptors (Lipinski definition) is 4. The molecule has 0 amide bonds. The van der Waals surface area contributed by atoms with Crippen LogP contribution in [-0.2, 0) is 9.09 Å². The lowest BCUT2D eigenvalue weighted by atomic mass is 10.4. The SMILES string of the molecule is CCN1CCN(P(C)(=O)OCS)CC1. The lowest BCUT2D eigenvalue weighted by Gasteiger charge is -2.36. The second-order valence-corrected chi connectivity index (χ2v) is 6.14. The van der Waals surface area contributed by atoms with E-state index in [1.54, 1.807) is 6.66 Å². The summed E-state index contributed by atoms with van der Waals surface area (Å²) in [6.07, 6.45) is 0. The normalized spacial score (nSPS) is 24.8. The van der Waals surface area contributed by atoms with Crippen molar-refractivity contribution < 1.29 is 9.09 Å². The average molecular weight is 238 g/mol. The van der Waals surface area contributed by atoms with E-state index in [1.807, 2.05) is 4.67 Å². The zero-order chi connectivity index (χ0) is 10.6. The van der Waals surface area contributed by atoms with E-state index in [9.17, 15) is 4.57 Å². The molecule has 1 heterocycles. The maximum atomic E-state index is 12.0. The van der Waals surface area contributed by atoms with E-state index in [1.165, 1.54) is 0 Å². The molecule has 0 N–H and O–H groups in total. The van der Waals surface area contributed by atoms with Gasteiger partial charge in [-0.05, 0) is 6.54 Å². The van der Waals surface area contributed by atoms with Gasteiger partial charge in [0.25, 0.3) is 7.52 Å². The molecular weight excluding hydrogens is 219 g/mol. The summed E-state index contributed by atoms with van der Waals surface area (Å²) in [4.78, 5) is 2.34. The zero-order valence-corrected chi connectivity index (χ0v) is 10.6. The van der Waals surface area contributed by atoms with Gasteiger partial charge < -0.3 is 9.42 Å². The van der Waals surface area contributed by atoms with Crippen molar-refractivity contribution in [3.8, 4) is 0 Å². The zero-order valence-electron chi connectivity index (χ0n) is 8.85. The Morgan fingerprint density at radius 3 is 2.36 bits per heavy atom. The molecule has 0 saturated carbocycles. The lowest BCUT2D eigenvalue weighted by Crippen LogP contribution is -2.44. The molecule has 0 aromatic heterocycles. The van der Waals surface area contributed by atoms with Crippen LogP contribution in [0.25, 0.3) is 0 Å². The van der Waals surface area contributed by atoms with E-state index in [0.717, 1.165) is 32.7 Å². The molecule has 1 atom stereocenters. The summed E-state index contributed by atoms with van der Waals surface area (Å²) in [7, 11) is -2.57. The second-order valence-electron chi connectivity index (χ2n) is 3.45. The molecule has 0 aromatic rings. The summed E-state index contributed by atoms with van der Waals surface area (Å²) in [6.45, 7) is 8.49. The Morgan fingerprint density at radius 2 is 1.93 bits per heavy atom. The van der Waals surface area contributed by atoms with Crippen LogP contribution in [0.15, 0.2) is 0 Å². The number of likely N-dealkylation sites (N-methyl/N-ethyl adjacent to an activating group) is 1. The second kappa shape index (κ2) is 5.52. The summed E-state index contributed by atoms with van der Waals surface area (Å²) < 4.78 is 19.1. The minimum atomic E-state index is -2.57. The van der Waals surface area contributed by atoms with Crippen LogP contribution >= 0.6 is 20.1 Å². The Kier molecular flexibility index (Phi) is 4.94. The molecule has 1 rings (SSSR count). The van der Waals surface area contributed by atoms with Crippen LogP contribution in [0.2, 0.25) is 0 Å². The first kappa shape index (κ1) is 12.5. The fourth-order valence-electron chi connectivity index (χ4n) is 1.61. The highest BCUT2D eigenvalue weighted by molar-refractivity contribution is 7.80. The molecule has 0 spiro atoms. The number of nitrogens with zero attached hydrogens (tertiary/aromatic N) is 2. The molecule has 0 aromatic carbocycles. The number of thiol groups is 1. The van der Waals surface area contributed by atoms with Gasteiger partial charge in [-0.3, -0.25) is 4.57 Å². The molecule has 0 bridgehead atoms. The topological polar surface area (TPSA) is 32.8 Å². The first-order chi connectivity index (χ1) is 6.60. The van der Waals surface area contributed by atoms with Crippen LogP contribution in [0.5, 0.6) is 0 Å². The van der Waals surface area contributed by atoms with Gasteiger partial charge in [-0.2, -0.15) is 12.6 Å². The van der Waals surface area contributed by atoms with Crippen molar-refractivity contribution in [3.63, 3.8) is 0 Å². The van der Waals surface area contributed by atoms with E-state index < -0.39 is 7.52 Å². The Bertz CT molecular complexity index is 219. The predicted molar refractivity (Wildman–Crippen MR) is 62.2 cm³/mol. The first-order valence-corrected chi connectivity index (χ1v) is 7.56. The van der Waals surface area contributed by atoms with E-state index in [2.05, 4.69) is 24.5 Å². The van der Waals surface area contributed by atoms with Crippen LogP contribution in [-0.4, -0.2) is 54.9 Å². The van der Waals surface area contributed by atoms with Crippen molar-refractivity contribution in [1.82, 2.24) is 9.57 Å². The van der Waals surface area contributed by atoms with Crippen molar-refractivity contribution in [2.75, 3.05) is 45.3 Å². The summed E-state index contributed by atoms with van der Waals surface area (Å²) in [5, 5.41) is 0. The Labute approximate surface area is 91.5 Å². The van der Waals surface area contributed by atoms with Crippen LogP contribution in [0.4, 0.5) is 0 Å². The fraction of sp³-hybridized carbons (Fsp3) is 1.00. The van der Waals surface area contributed by atoms with Crippen LogP contribution in [0.1, 0.15) is 6.92 Å². The Morgan fingerprint density at radius 1 is 1.36 bits per heavy atom. The van der Waals surface area contributed by atoms with Crippen molar-refractivity contribution >= 4 is 20.1 Å². The van der Waals surface area contributed by atoms with E-state index in [0.29, 0.717) is 0 Å². The quantitative estimate of drug-likeness (QED) is 0.455. The summed E-state index contributed by atoms with van der Waals surface area (Å²) in [6, 6.07) is 0. The average Bonchev–Trinajstić information content (AvgIpc) is 2.18. The Hall–Kier alpha value is 0.460. The molecule has 84 valence electrons. The number of hydrogen-bond donors (Lipinski definition) is 1. The van der Waals surface area contributed by atoms with Gasteiger partial charge in [-0.25, -0.2) is 4.67 Å². The predicted octanol–water partition coefficient (Wildman–Crippen LogP) is 1.35. The minimum Gasteiger partial charge on any atom is -0.307 e. The van der Waals surface area contributed by atoms with Crippen molar-refractivity contribution in [1.29, 1.82) is 0 Å². The lowest BCUT2D eigenvalue weighted by molar-refractivity contribution is 0.179. The number of piperazine rings is 1. The van der Waals surface area contributed by atoms with Gasteiger partial charge in [-0.1, -0.05) is 6.92 Å². The summed E-state index contributed by atoms with van der Waals surface area (Å²) in [5.74, 6) is 0.224. The standard InChI is InChI=1S/C8H19N2O2PS/c1-3-9-4-6-10(7-5-9)13(2,11)12-8-14/h14H,3-8H2,1-2H3. The van der Waals surface area contributed by atoms with Crippen molar-refractivity contribution in [2.24, 2.45) is 0 Å². The van der Waals surface area contributed by atoms with Gasteiger partial charge in [0, 0.05) is 32.8 Å². The molecular formula is C8H19N2O2PS. The van der Waals surface area contributed by atoms with Gasteiger partial charge >= 0.3 is 0 Å². The minimum absolute atomic E-state index is 0.224. The van der Waals surface area contributed by atoms with E-state index in [4.69, 9.17) is 4.52 Å². The highest BCUT2D eigenvalue weighted by Crippen LogP contribution is 2.47. The third-order valence-electron chi connectivity index (χ3n) is 2.61. The van der Waals surface area contributed by atoms with Crippen LogP contribution < -0.4 is 0 Å². The van der Waals surface area contributed by atoms with Crippen LogP contribution in [0.3, 0.4) is 0 Å². The van der Waals surface area contributed by atoms with Gasteiger partial charge in [0.05, 0.1) is 5.94 Å².